The summed E-state index contributed by atoms with van der Waals surface area (Å²) in [6.07, 6.45) is 9.91. The molecule has 1 aliphatic rings. The van der Waals surface area contributed by atoms with Gasteiger partial charge in [-0.25, -0.2) is 15.0 Å². The van der Waals surface area contributed by atoms with Crippen molar-refractivity contribution < 1.29 is 8.83 Å². The van der Waals surface area contributed by atoms with Crippen LogP contribution < -0.4 is 0 Å². The largest absolute Gasteiger partial charge is 0.456 e. The summed E-state index contributed by atoms with van der Waals surface area (Å²) in [7, 11) is 0. The van der Waals surface area contributed by atoms with E-state index in [0.29, 0.717) is 17.5 Å². The van der Waals surface area contributed by atoms with Crippen LogP contribution >= 0.6 is 0 Å². The van der Waals surface area contributed by atoms with E-state index in [1.54, 1.807) is 0 Å². The van der Waals surface area contributed by atoms with Gasteiger partial charge in [0.05, 0.1) is 16.7 Å². The molecule has 4 heterocycles. The number of fused-ring (bicyclic) bond motifs is 9. The van der Waals surface area contributed by atoms with Gasteiger partial charge in [0, 0.05) is 66.1 Å². The Labute approximate surface area is 482 Å². The summed E-state index contributed by atoms with van der Waals surface area (Å²) in [4.78, 5) is 16.3. The van der Waals surface area contributed by atoms with Gasteiger partial charge in [0.25, 0.3) is 0 Å². The molecule has 0 aliphatic heterocycles. The number of para-hydroxylation sites is 2. The number of rotatable bonds is 8. The Morgan fingerprint density at radius 1 is 0.373 bits per heavy atom. The fraction of sp³-hybridized carbons (Fsp3) is 0.130. The molecule has 0 amide bonds. The normalized spacial score (nSPS) is 13.9. The van der Waals surface area contributed by atoms with E-state index >= 15 is 0 Å². The van der Waals surface area contributed by atoms with Gasteiger partial charge in [-0.2, -0.15) is 0 Å². The van der Waals surface area contributed by atoms with Gasteiger partial charge in [-0.05, 0) is 129 Å². The average molecular weight is 1070 g/mol. The van der Waals surface area contributed by atoms with Crippen LogP contribution in [0, 0.1) is 0 Å². The van der Waals surface area contributed by atoms with Crippen molar-refractivity contribution >= 4 is 65.7 Å². The molecule has 83 heavy (non-hydrogen) atoms. The molecule has 0 fully saturated rings. The molecule has 0 bridgehead atoms. The van der Waals surface area contributed by atoms with Gasteiger partial charge in [0.1, 0.15) is 22.3 Å². The number of aromatic nitrogens is 4. The standard InChI is InChI=1S/C77H60N4O2/c1-76(2,3)56-33-25-49(26-34-56)62-43-55(75-79-73(53-29-37-60-58-21-13-15-23-68(58)82-70(60)45-53)78-74(80-75)54-30-38-61-59-22-14-16-24-69(59)83-71(61)46-54)44-63(50-27-35-57(36-28-50)77(4,5)6)72(62)81-66-39-31-51(47-17-9-7-10-18-47)41-64(66)65-42-52(32-40-67(65)81)48-19-11-8-12-20-48/h7-19,21-46,48H,20H2,1-6H3. The average Bonchev–Trinajstić information content (AvgIpc) is 3.18. The third kappa shape index (κ3) is 8.85. The molecule has 14 aromatic rings. The van der Waals surface area contributed by atoms with Crippen molar-refractivity contribution in [3.63, 3.8) is 0 Å². The van der Waals surface area contributed by atoms with Gasteiger partial charge < -0.3 is 13.4 Å². The highest BCUT2D eigenvalue weighted by atomic mass is 16.3. The molecule has 0 saturated heterocycles. The predicted molar refractivity (Wildman–Crippen MR) is 344 cm³/mol. The van der Waals surface area contributed by atoms with Gasteiger partial charge in [-0.15, -0.1) is 0 Å². The molecule has 6 nitrogen and oxygen atoms in total. The Bertz CT molecular complexity index is 4730. The molecule has 0 saturated carbocycles. The van der Waals surface area contributed by atoms with Crippen molar-refractivity contribution in [1.29, 1.82) is 0 Å². The molecule has 400 valence electrons. The van der Waals surface area contributed by atoms with Gasteiger partial charge in [-0.3, -0.25) is 0 Å². The van der Waals surface area contributed by atoms with Crippen LogP contribution in [0.3, 0.4) is 0 Å². The van der Waals surface area contributed by atoms with E-state index < -0.39 is 0 Å². The van der Waals surface area contributed by atoms with Gasteiger partial charge in [0.15, 0.2) is 17.5 Å². The van der Waals surface area contributed by atoms with Crippen LogP contribution in [0.25, 0.3) is 139 Å². The first-order valence-electron chi connectivity index (χ1n) is 28.8. The highest BCUT2D eigenvalue weighted by molar-refractivity contribution is 6.13. The van der Waals surface area contributed by atoms with Crippen LogP contribution in [0.1, 0.15) is 70.6 Å². The molecule has 4 aromatic heterocycles. The number of allylic oxidation sites excluding steroid dienone is 4. The van der Waals surface area contributed by atoms with Crippen LogP contribution in [0.2, 0.25) is 0 Å². The molecule has 0 radical (unpaired) electrons. The lowest BCUT2D eigenvalue weighted by atomic mass is 9.84. The molecule has 6 heteroatoms. The smallest absolute Gasteiger partial charge is 0.164 e. The van der Waals surface area contributed by atoms with E-state index in [9.17, 15) is 0 Å². The minimum atomic E-state index is -0.0536. The monoisotopic (exact) mass is 1070 g/mol. The molecule has 15 rings (SSSR count). The van der Waals surface area contributed by atoms with Crippen LogP contribution in [-0.4, -0.2) is 19.5 Å². The van der Waals surface area contributed by atoms with E-state index in [-0.39, 0.29) is 16.7 Å². The van der Waals surface area contributed by atoms with E-state index in [4.69, 9.17) is 23.8 Å². The lowest BCUT2D eigenvalue weighted by molar-refractivity contribution is 0.590. The predicted octanol–water partition coefficient (Wildman–Crippen LogP) is 21.0. The summed E-state index contributed by atoms with van der Waals surface area (Å²) < 4.78 is 15.5. The zero-order chi connectivity index (χ0) is 56.1. The highest BCUT2D eigenvalue weighted by Crippen LogP contribution is 2.46. The van der Waals surface area contributed by atoms with Crippen molar-refractivity contribution in [3.05, 3.63) is 253 Å². The second kappa shape index (κ2) is 19.4. The molecule has 1 unspecified atom stereocenters. The molecule has 0 N–H and O–H groups in total. The summed E-state index contributed by atoms with van der Waals surface area (Å²) in [5.74, 6) is 1.89. The zero-order valence-corrected chi connectivity index (χ0v) is 47.4. The number of benzene rings is 10. The maximum atomic E-state index is 6.49. The molecule has 1 aliphatic carbocycles. The molecule has 1 atom stereocenters. The van der Waals surface area contributed by atoms with E-state index in [0.717, 1.165) is 106 Å². The Morgan fingerprint density at radius 2 is 0.843 bits per heavy atom. The topological polar surface area (TPSA) is 69.9 Å². The first-order valence-corrected chi connectivity index (χ1v) is 28.8. The van der Waals surface area contributed by atoms with Gasteiger partial charge in [0.2, 0.25) is 0 Å². The van der Waals surface area contributed by atoms with Crippen molar-refractivity contribution in [2.24, 2.45) is 0 Å². The van der Waals surface area contributed by atoms with Crippen molar-refractivity contribution in [3.8, 4) is 73.2 Å². The first-order chi connectivity index (χ1) is 40.4. The number of furan rings is 2. The maximum absolute atomic E-state index is 6.49. The zero-order valence-electron chi connectivity index (χ0n) is 47.4. The van der Waals surface area contributed by atoms with Crippen LogP contribution in [0.15, 0.2) is 245 Å². The van der Waals surface area contributed by atoms with E-state index in [2.05, 4.69) is 246 Å². The minimum absolute atomic E-state index is 0.0536. The maximum Gasteiger partial charge on any atom is 0.164 e. The third-order valence-electron chi connectivity index (χ3n) is 16.9. The summed E-state index contributed by atoms with van der Waals surface area (Å²) >= 11 is 0. The summed E-state index contributed by atoms with van der Waals surface area (Å²) in [5, 5.41) is 6.61. The van der Waals surface area contributed by atoms with Crippen molar-refractivity contribution in [2.45, 2.75) is 64.7 Å². The second-order valence-corrected chi connectivity index (χ2v) is 24.4. The van der Waals surface area contributed by atoms with Crippen LogP contribution in [-0.2, 0) is 10.8 Å². The lowest BCUT2D eigenvalue weighted by Crippen LogP contribution is -2.11. The molecular formula is C77H60N4O2. The third-order valence-corrected chi connectivity index (χ3v) is 16.9. The molecule has 10 aromatic carbocycles. The Kier molecular flexibility index (Phi) is 11.7. The number of hydrogen-bond acceptors (Lipinski definition) is 5. The number of hydrogen-bond donors (Lipinski definition) is 0. The SMILES string of the molecule is CC(C)(C)c1ccc(-c2cc(-c3nc(-c4ccc5c(c4)oc4ccccc45)nc(-c4ccc5c(c4)oc4ccccc45)n3)cc(-c3ccc(C(C)(C)C)cc3)c2-n2c3ccc(-c4ccccc4)cc3c3cc(C4C=CC=CC4)ccc32)cc1. The minimum Gasteiger partial charge on any atom is -0.456 e. The van der Waals surface area contributed by atoms with Crippen LogP contribution in [0.4, 0.5) is 0 Å². The summed E-state index contributed by atoms with van der Waals surface area (Å²) in [5.41, 5.74) is 19.3. The molecular weight excluding hydrogens is 1010 g/mol. The van der Waals surface area contributed by atoms with Crippen LogP contribution in [0.5, 0.6) is 0 Å². The second-order valence-electron chi connectivity index (χ2n) is 24.4. The van der Waals surface area contributed by atoms with Gasteiger partial charge >= 0.3 is 0 Å². The first kappa shape index (κ1) is 50.1. The Morgan fingerprint density at radius 3 is 1.37 bits per heavy atom. The Hall–Kier alpha value is -9.91. The Balaban J connectivity index is 1.03. The summed E-state index contributed by atoms with van der Waals surface area (Å²) in [6, 6.07) is 76.8. The van der Waals surface area contributed by atoms with E-state index in [1.807, 2.05) is 36.4 Å². The van der Waals surface area contributed by atoms with E-state index in [1.165, 1.54) is 38.6 Å². The van der Waals surface area contributed by atoms with Crippen molar-refractivity contribution in [1.82, 2.24) is 19.5 Å². The fourth-order valence-corrected chi connectivity index (χ4v) is 12.4. The van der Waals surface area contributed by atoms with Gasteiger partial charge in [-0.1, -0.05) is 205 Å². The summed E-state index contributed by atoms with van der Waals surface area (Å²) in [6.45, 7) is 13.6. The lowest BCUT2D eigenvalue weighted by Gasteiger charge is -2.23. The fourth-order valence-electron chi connectivity index (χ4n) is 12.4. The highest BCUT2D eigenvalue weighted by Gasteiger charge is 2.26. The van der Waals surface area contributed by atoms with Crippen molar-refractivity contribution in [2.75, 3.05) is 0 Å². The number of nitrogens with zero attached hydrogens (tertiary/aromatic N) is 4. The quantitative estimate of drug-likeness (QED) is 0.152. The molecule has 0 spiro atoms.